The van der Waals surface area contributed by atoms with Crippen LogP contribution < -0.4 is 10.1 Å². The molecule has 0 spiro atoms. The number of amides is 1. The van der Waals surface area contributed by atoms with E-state index < -0.39 is 39.9 Å². The number of phenolic OH excluding ortho intramolecular Hbond substituents is 1. The first kappa shape index (κ1) is 20.3. The number of ketones is 1. The molecular weight excluding hydrogens is 384 g/mol. The zero-order valence-corrected chi connectivity index (χ0v) is 16.1. The lowest BCUT2D eigenvalue weighted by Crippen LogP contribution is -2.44. The molecule has 0 aromatic heterocycles. The van der Waals surface area contributed by atoms with Crippen LogP contribution in [0.15, 0.2) is 23.4 Å². The maximum Gasteiger partial charge on any atom is 0.316 e. The van der Waals surface area contributed by atoms with Crippen molar-refractivity contribution >= 4 is 23.3 Å². The van der Waals surface area contributed by atoms with Crippen LogP contribution in [0.4, 0.5) is 5.69 Å². The van der Waals surface area contributed by atoms with Gasteiger partial charge in [-0.3, -0.25) is 24.5 Å². The molecule has 2 N–H and O–H groups in total. The normalized spacial score (nSPS) is 23.9. The van der Waals surface area contributed by atoms with Crippen LogP contribution >= 0.6 is 0 Å². The monoisotopic (exact) mass is 404 g/mol. The molecule has 1 aromatic carbocycles. The molecule has 154 valence electrons. The lowest BCUT2D eigenvalue weighted by atomic mass is 9.70. The van der Waals surface area contributed by atoms with Gasteiger partial charge >= 0.3 is 11.7 Å². The van der Waals surface area contributed by atoms with Crippen LogP contribution in [0.25, 0.3) is 0 Å². The molecule has 1 amide bonds. The van der Waals surface area contributed by atoms with Crippen molar-refractivity contribution in [3.8, 4) is 11.5 Å². The quantitative estimate of drug-likeness (QED) is 0.333. The predicted octanol–water partition coefficient (Wildman–Crippen LogP) is 1.56. The lowest BCUT2D eigenvalue weighted by Gasteiger charge is -2.36. The van der Waals surface area contributed by atoms with E-state index in [9.17, 15) is 29.6 Å². The van der Waals surface area contributed by atoms with E-state index in [1.165, 1.54) is 20.3 Å². The van der Waals surface area contributed by atoms with Gasteiger partial charge in [-0.05, 0) is 24.0 Å². The second-order valence-electron chi connectivity index (χ2n) is 7.09. The van der Waals surface area contributed by atoms with Crippen LogP contribution in [0.2, 0.25) is 0 Å². The topological polar surface area (TPSA) is 145 Å². The first-order valence-electron chi connectivity index (χ1n) is 8.89. The minimum Gasteiger partial charge on any atom is -0.500 e. The van der Waals surface area contributed by atoms with Gasteiger partial charge in [0, 0.05) is 29.7 Å². The fourth-order valence-electron chi connectivity index (χ4n) is 3.99. The van der Waals surface area contributed by atoms with Crippen molar-refractivity contribution in [3.63, 3.8) is 0 Å². The third kappa shape index (κ3) is 3.41. The van der Waals surface area contributed by atoms with Gasteiger partial charge in [0.05, 0.1) is 19.1 Å². The third-order valence-corrected chi connectivity index (χ3v) is 5.35. The molecular formula is C19H20N2O8. The van der Waals surface area contributed by atoms with Gasteiger partial charge < -0.3 is 19.9 Å². The molecule has 1 aromatic rings. The molecule has 0 bridgehead atoms. The third-order valence-electron chi connectivity index (χ3n) is 5.35. The molecule has 3 atom stereocenters. The standard InChI is InChI=1S/C19H20N2O8/c1-8-4-11-16(18(24)15(8)19(25)29-3)10(7-14(22)20-11)9-5-12(21(26)27)17(23)13(6-9)28-2/h5-6,8,10,15,23H,4,7H2,1-3H3,(H,20,22). The van der Waals surface area contributed by atoms with Crippen LogP contribution in [0.1, 0.15) is 31.2 Å². The van der Waals surface area contributed by atoms with Gasteiger partial charge in [-0.1, -0.05) is 6.92 Å². The first-order valence-corrected chi connectivity index (χ1v) is 8.89. The molecule has 29 heavy (non-hydrogen) atoms. The van der Waals surface area contributed by atoms with E-state index in [0.717, 1.165) is 6.07 Å². The van der Waals surface area contributed by atoms with E-state index in [1.807, 2.05) is 0 Å². The number of nitro benzene ring substituents is 1. The Morgan fingerprint density at radius 2 is 1.97 bits per heavy atom. The first-order chi connectivity index (χ1) is 13.7. The van der Waals surface area contributed by atoms with Crippen molar-refractivity contribution < 1.29 is 33.9 Å². The van der Waals surface area contributed by atoms with Gasteiger partial charge in [-0.15, -0.1) is 0 Å². The fraction of sp³-hybridized carbons (Fsp3) is 0.421. The van der Waals surface area contributed by atoms with E-state index >= 15 is 0 Å². The van der Waals surface area contributed by atoms with E-state index in [4.69, 9.17) is 9.47 Å². The number of benzene rings is 1. The summed E-state index contributed by atoms with van der Waals surface area (Å²) >= 11 is 0. The number of Topliss-reactive ketones (excluding diaryl/α,β-unsaturated/α-hetero) is 1. The Morgan fingerprint density at radius 1 is 1.28 bits per heavy atom. The molecule has 1 aliphatic carbocycles. The molecule has 1 heterocycles. The molecule has 10 nitrogen and oxygen atoms in total. The van der Waals surface area contributed by atoms with Crippen LogP contribution in [-0.4, -0.2) is 41.9 Å². The van der Waals surface area contributed by atoms with Crippen molar-refractivity contribution in [2.75, 3.05) is 14.2 Å². The smallest absolute Gasteiger partial charge is 0.316 e. The second-order valence-corrected chi connectivity index (χ2v) is 7.09. The van der Waals surface area contributed by atoms with Crippen molar-refractivity contribution in [2.45, 2.75) is 25.7 Å². The van der Waals surface area contributed by atoms with Crippen LogP contribution in [0.5, 0.6) is 11.5 Å². The number of allylic oxidation sites excluding steroid dienone is 2. The van der Waals surface area contributed by atoms with E-state index in [-0.39, 0.29) is 41.6 Å². The van der Waals surface area contributed by atoms with Gasteiger partial charge in [-0.25, -0.2) is 0 Å². The van der Waals surface area contributed by atoms with Crippen LogP contribution in [0, 0.1) is 22.0 Å². The summed E-state index contributed by atoms with van der Waals surface area (Å²) in [5.41, 5.74) is 0.285. The Labute approximate surface area is 165 Å². The summed E-state index contributed by atoms with van der Waals surface area (Å²) in [6, 6.07) is 2.47. The number of carbonyl (C=O) groups excluding carboxylic acids is 3. The molecule has 0 radical (unpaired) electrons. The molecule has 10 heteroatoms. The Hall–Kier alpha value is -3.43. The summed E-state index contributed by atoms with van der Waals surface area (Å²) in [6.07, 6.45) is 0.137. The van der Waals surface area contributed by atoms with Gasteiger partial charge in [0.1, 0.15) is 5.92 Å². The number of nitro groups is 1. The molecule has 1 aliphatic heterocycles. The lowest BCUT2D eigenvalue weighted by molar-refractivity contribution is -0.386. The van der Waals surface area contributed by atoms with Gasteiger partial charge in [0.15, 0.2) is 11.5 Å². The maximum absolute atomic E-state index is 13.2. The highest BCUT2D eigenvalue weighted by molar-refractivity contribution is 6.11. The summed E-state index contributed by atoms with van der Waals surface area (Å²) in [7, 11) is 2.43. The second kappa shape index (κ2) is 7.53. The number of aromatic hydroxyl groups is 1. The minimum atomic E-state index is -1.02. The van der Waals surface area contributed by atoms with Gasteiger partial charge in [0.2, 0.25) is 11.7 Å². The zero-order chi connectivity index (χ0) is 21.5. The van der Waals surface area contributed by atoms with Crippen molar-refractivity contribution in [3.05, 3.63) is 39.1 Å². The van der Waals surface area contributed by atoms with Gasteiger partial charge in [-0.2, -0.15) is 0 Å². The summed E-state index contributed by atoms with van der Waals surface area (Å²) in [6.45, 7) is 1.72. The number of nitrogens with one attached hydrogen (secondary N) is 1. The summed E-state index contributed by atoms with van der Waals surface area (Å²) in [4.78, 5) is 48.2. The molecule has 3 unspecified atom stereocenters. The number of methoxy groups -OCH3 is 2. The number of esters is 1. The average Bonchev–Trinajstić information content (AvgIpc) is 2.66. The number of phenols is 1. The zero-order valence-electron chi connectivity index (χ0n) is 16.1. The summed E-state index contributed by atoms with van der Waals surface area (Å²) in [5.74, 6) is -4.51. The highest BCUT2D eigenvalue weighted by Crippen LogP contribution is 2.46. The Balaban J connectivity index is 2.17. The van der Waals surface area contributed by atoms with Crippen molar-refractivity contribution in [1.29, 1.82) is 0 Å². The van der Waals surface area contributed by atoms with E-state index in [2.05, 4.69) is 5.32 Å². The molecule has 0 saturated heterocycles. The minimum absolute atomic E-state index is 0.141. The molecule has 2 aliphatic rings. The SMILES string of the molecule is COC(=O)C1C(=O)C2=C(CC1C)NC(=O)CC2c1cc(OC)c(O)c([N+](=O)[O-])c1. The highest BCUT2D eigenvalue weighted by atomic mass is 16.6. The Kier molecular flexibility index (Phi) is 5.27. The number of hydrogen-bond acceptors (Lipinski definition) is 8. The Bertz CT molecular complexity index is 952. The predicted molar refractivity (Wildman–Crippen MR) is 98.1 cm³/mol. The fourth-order valence-corrected chi connectivity index (χ4v) is 3.99. The Morgan fingerprint density at radius 3 is 2.55 bits per heavy atom. The highest BCUT2D eigenvalue weighted by Gasteiger charge is 2.46. The molecule has 0 saturated carbocycles. The average molecular weight is 404 g/mol. The number of nitrogens with zero attached hydrogens (tertiary/aromatic N) is 1. The van der Waals surface area contributed by atoms with E-state index in [1.54, 1.807) is 6.92 Å². The largest absolute Gasteiger partial charge is 0.500 e. The summed E-state index contributed by atoms with van der Waals surface area (Å²) < 4.78 is 9.78. The number of ether oxygens (including phenoxy) is 2. The van der Waals surface area contributed by atoms with Crippen LogP contribution in [-0.2, 0) is 19.1 Å². The number of carbonyl (C=O) groups is 3. The maximum atomic E-state index is 13.2. The van der Waals surface area contributed by atoms with Gasteiger partial charge in [0.25, 0.3) is 0 Å². The number of hydrogen-bond donors (Lipinski definition) is 2. The van der Waals surface area contributed by atoms with E-state index in [0.29, 0.717) is 5.70 Å². The summed E-state index contributed by atoms with van der Waals surface area (Å²) in [5, 5.41) is 24.0. The number of rotatable bonds is 4. The molecule has 3 rings (SSSR count). The van der Waals surface area contributed by atoms with Crippen molar-refractivity contribution in [2.24, 2.45) is 11.8 Å². The molecule has 0 fully saturated rings. The van der Waals surface area contributed by atoms with Crippen LogP contribution in [0.3, 0.4) is 0 Å². The van der Waals surface area contributed by atoms with Crippen molar-refractivity contribution in [1.82, 2.24) is 5.32 Å².